The molecule has 0 fully saturated rings. The van der Waals surface area contributed by atoms with Crippen molar-refractivity contribution >= 4 is 51.4 Å². The van der Waals surface area contributed by atoms with E-state index in [9.17, 15) is 28.7 Å². The first kappa shape index (κ1) is 24.2. The molecule has 2 heterocycles. The van der Waals surface area contributed by atoms with Crippen LogP contribution >= 0.6 is 22.9 Å². The number of carbonyl (C=O) groups excluding carboxylic acids is 1. The average molecular weight is 517 g/mol. The second kappa shape index (κ2) is 9.72. The van der Waals surface area contributed by atoms with Gasteiger partial charge in [-0.3, -0.25) is 14.4 Å². The monoisotopic (exact) mass is 516 g/mol. The lowest BCUT2D eigenvalue weighted by molar-refractivity contribution is -0.137. The fraction of sp³-hybridized carbons (Fsp3) is 0.130. The van der Waals surface area contributed by atoms with E-state index in [1.54, 1.807) is 12.1 Å². The molecule has 180 valence electrons. The Labute approximate surface area is 206 Å². The van der Waals surface area contributed by atoms with Gasteiger partial charge in [0.1, 0.15) is 12.4 Å². The van der Waals surface area contributed by atoms with Crippen molar-refractivity contribution in [1.29, 1.82) is 0 Å². The number of carboxylic acids is 1. The number of aliphatic carboxylic acids is 1. The topological polar surface area (TPSA) is 124 Å². The first-order chi connectivity index (χ1) is 16.7. The standard InChI is InChI=1S/C23H18ClFN4O5S/c1-26-18-9-17-15(8-16(18)25)22(33)29(23(34)27-17)13-4-2-12(3-5-13)21(32)28(11-20(30)31)10-14-6-7-19(24)35-14/h2-9,26H,10-11H2,1H3,(H,27,34)(H,30,31). The Kier molecular flexibility index (Phi) is 6.72. The molecule has 0 aliphatic carbocycles. The molecule has 0 saturated carbocycles. The Bertz CT molecular complexity index is 1560. The minimum absolute atomic E-state index is 0.0245. The van der Waals surface area contributed by atoms with Crippen molar-refractivity contribution in [3.8, 4) is 5.69 Å². The van der Waals surface area contributed by atoms with E-state index >= 15 is 0 Å². The van der Waals surface area contributed by atoms with E-state index in [4.69, 9.17) is 11.6 Å². The number of thiophene rings is 1. The number of aromatic nitrogens is 2. The van der Waals surface area contributed by atoms with Crippen molar-refractivity contribution in [3.63, 3.8) is 0 Å². The van der Waals surface area contributed by atoms with Gasteiger partial charge in [-0.15, -0.1) is 11.3 Å². The third-order valence-corrected chi connectivity index (χ3v) is 6.43. The van der Waals surface area contributed by atoms with Crippen molar-refractivity contribution in [2.75, 3.05) is 18.9 Å². The zero-order valence-electron chi connectivity index (χ0n) is 18.2. The van der Waals surface area contributed by atoms with Crippen LogP contribution in [0.2, 0.25) is 4.34 Å². The third kappa shape index (κ3) is 4.96. The molecule has 0 aliphatic heterocycles. The number of fused-ring (bicyclic) bond motifs is 1. The largest absolute Gasteiger partial charge is 0.480 e. The van der Waals surface area contributed by atoms with Crippen LogP contribution in [0.1, 0.15) is 15.2 Å². The summed E-state index contributed by atoms with van der Waals surface area (Å²) < 4.78 is 15.6. The molecule has 0 bridgehead atoms. The van der Waals surface area contributed by atoms with E-state index in [1.165, 1.54) is 48.7 Å². The minimum Gasteiger partial charge on any atom is -0.480 e. The molecule has 4 aromatic rings. The van der Waals surface area contributed by atoms with Crippen LogP contribution < -0.4 is 16.6 Å². The van der Waals surface area contributed by atoms with Crippen LogP contribution in [-0.2, 0) is 11.3 Å². The van der Waals surface area contributed by atoms with Crippen LogP contribution in [0.4, 0.5) is 10.1 Å². The number of H-pyrrole nitrogens is 1. The molecule has 0 atom stereocenters. The van der Waals surface area contributed by atoms with Crippen LogP contribution in [0.15, 0.2) is 58.1 Å². The van der Waals surface area contributed by atoms with Crippen molar-refractivity contribution in [1.82, 2.24) is 14.5 Å². The van der Waals surface area contributed by atoms with Gasteiger partial charge in [-0.2, -0.15) is 0 Å². The molecule has 0 saturated heterocycles. The van der Waals surface area contributed by atoms with Gasteiger partial charge >= 0.3 is 11.7 Å². The summed E-state index contributed by atoms with van der Waals surface area (Å²) in [5, 5.41) is 11.8. The predicted molar refractivity (Wildman–Crippen MR) is 131 cm³/mol. The molecule has 2 aromatic carbocycles. The molecular weight excluding hydrogens is 499 g/mol. The molecule has 1 amide bonds. The zero-order chi connectivity index (χ0) is 25.3. The molecule has 0 aliphatic rings. The van der Waals surface area contributed by atoms with E-state index in [0.717, 1.165) is 15.5 Å². The van der Waals surface area contributed by atoms with Gasteiger partial charge in [-0.25, -0.2) is 13.8 Å². The number of anilines is 1. The van der Waals surface area contributed by atoms with E-state index in [2.05, 4.69) is 10.3 Å². The Morgan fingerprint density at radius 2 is 1.89 bits per heavy atom. The molecular formula is C23H18ClFN4O5S. The zero-order valence-corrected chi connectivity index (χ0v) is 19.7. The fourth-order valence-corrected chi connectivity index (χ4v) is 4.69. The van der Waals surface area contributed by atoms with Gasteiger partial charge < -0.3 is 20.3 Å². The summed E-state index contributed by atoms with van der Waals surface area (Å²) in [6.45, 7) is -0.478. The van der Waals surface area contributed by atoms with Crippen molar-refractivity contribution in [2.45, 2.75) is 6.54 Å². The number of nitrogens with one attached hydrogen (secondary N) is 2. The lowest BCUT2D eigenvalue weighted by Gasteiger charge is -2.20. The molecule has 0 unspecified atom stereocenters. The van der Waals surface area contributed by atoms with E-state index < -0.39 is 35.5 Å². The highest BCUT2D eigenvalue weighted by molar-refractivity contribution is 7.16. The van der Waals surface area contributed by atoms with Crippen LogP contribution in [0.3, 0.4) is 0 Å². The van der Waals surface area contributed by atoms with Gasteiger partial charge in [0.15, 0.2) is 0 Å². The second-order valence-electron chi connectivity index (χ2n) is 7.51. The van der Waals surface area contributed by atoms with E-state index in [-0.39, 0.29) is 34.4 Å². The molecule has 35 heavy (non-hydrogen) atoms. The molecule has 12 heteroatoms. The van der Waals surface area contributed by atoms with Gasteiger partial charge in [-0.05, 0) is 48.5 Å². The maximum atomic E-state index is 14.2. The number of amides is 1. The molecule has 3 N–H and O–H groups in total. The van der Waals surface area contributed by atoms with Crippen LogP contribution in [0.25, 0.3) is 16.6 Å². The summed E-state index contributed by atoms with van der Waals surface area (Å²) in [5.41, 5.74) is -0.852. The Hall–Kier alpha value is -3.96. The van der Waals surface area contributed by atoms with Crippen LogP contribution in [0.5, 0.6) is 0 Å². The lowest BCUT2D eigenvalue weighted by Crippen LogP contribution is -2.35. The Morgan fingerprint density at radius 3 is 2.49 bits per heavy atom. The Morgan fingerprint density at radius 1 is 1.17 bits per heavy atom. The first-order valence-electron chi connectivity index (χ1n) is 10.2. The summed E-state index contributed by atoms with van der Waals surface area (Å²) in [4.78, 5) is 54.3. The van der Waals surface area contributed by atoms with Crippen molar-refractivity contribution < 1.29 is 19.1 Å². The molecule has 9 nitrogen and oxygen atoms in total. The fourth-order valence-electron chi connectivity index (χ4n) is 3.59. The molecule has 0 spiro atoms. The third-order valence-electron chi connectivity index (χ3n) is 5.22. The number of halogens is 2. The van der Waals surface area contributed by atoms with Crippen LogP contribution in [-0.4, -0.2) is 45.0 Å². The number of carbonyl (C=O) groups is 2. The van der Waals surface area contributed by atoms with Crippen molar-refractivity contribution in [3.05, 3.63) is 90.0 Å². The SMILES string of the molecule is CNc1cc2[nH]c(=O)n(-c3ccc(C(=O)N(CC(=O)O)Cc4ccc(Cl)s4)cc3)c(=O)c2cc1F. The summed E-state index contributed by atoms with van der Waals surface area (Å²) in [6, 6.07) is 11.3. The maximum absolute atomic E-state index is 14.2. The van der Waals surface area contributed by atoms with E-state index in [0.29, 0.717) is 9.21 Å². The highest BCUT2D eigenvalue weighted by Gasteiger charge is 2.20. The smallest absolute Gasteiger partial charge is 0.333 e. The normalized spacial score (nSPS) is 10.9. The predicted octanol–water partition coefficient (Wildman–Crippen LogP) is 3.30. The van der Waals surface area contributed by atoms with Gasteiger partial charge in [0, 0.05) is 17.5 Å². The van der Waals surface area contributed by atoms with Gasteiger partial charge in [0.25, 0.3) is 11.5 Å². The highest BCUT2D eigenvalue weighted by atomic mass is 35.5. The first-order valence-corrected chi connectivity index (χ1v) is 11.4. The minimum atomic E-state index is -1.18. The second-order valence-corrected chi connectivity index (χ2v) is 9.31. The highest BCUT2D eigenvalue weighted by Crippen LogP contribution is 2.23. The number of hydrogen-bond donors (Lipinski definition) is 3. The summed E-state index contributed by atoms with van der Waals surface area (Å²) in [5.74, 6) is -2.38. The Balaban J connectivity index is 1.68. The number of aromatic amines is 1. The van der Waals surface area contributed by atoms with E-state index in [1.807, 2.05) is 0 Å². The number of carboxylic acid groups (broad SMARTS) is 1. The van der Waals surface area contributed by atoms with Crippen molar-refractivity contribution in [2.24, 2.45) is 0 Å². The summed E-state index contributed by atoms with van der Waals surface area (Å²) in [7, 11) is 1.51. The summed E-state index contributed by atoms with van der Waals surface area (Å²) in [6.07, 6.45) is 0. The molecule has 2 aromatic heterocycles. The molecule has 4 rings (SSSR count). The molecule has 0 radical (unpaired) electrons. The quantitative estimate of drug-likeness (QED) is 0.346. The number of hydrogen-bond acceptors (Lipinski definition) is 6. The lowest BCUT2D eigenvalue weighted by atomic mass is 10.1. The average Bonchev–Trinajstić information content (AvgIpc) is 3.23. The van der Waals surface area contributed by atoms with Gasteiger partial charge in [0.05, 0.1) is 33.2 Å². The number of nitrogens with zero attached hydrogens (tertiary/aromatic N) is 2. The van der Waals surface area contributed by atoms with Gasteiger partial charge in [-0.1, -0.05) is 11.6 Å². The number of benzene rings is 2. The van der Waals surface area contributed by atoms with Crippen LogP contribution in [0, 0.1) is 5.82 Å². The van der Waals surface area contributed by atoms with Gasteiger partial charge in [0.2, 0.25) is 0 Å². The number of rotatable bonds is 7. The summed E-state index contributed by atoms with van der Waals surface area (Å²) >= 11 is 7.16. The maximum Gasteiger partial charge on any atom is 0.333 e.